The van der Waals surface area contributed by atoms with Crippen LogP contribution in [0.15, 0.2) is 64.1 Å². The van der Waals surface area contributed by atoms with Crippen LogP contribution in [0.25, 0.3) is 23.0 Å². The van der Waals surface area contributed by atoms with Crippen molar-refractivity contribution in [3.8, 4) is 22.7 Å². The van der Waals surface area contributed by atoms with E-state index in [4.69, 9.17) is 9.84 Å². The third-order valence-electron chi connectivity index (χ3n) is 4.74. The van der Waals surface area contributed by atoms with Crippen LogP contribution in [0.3, 0.4) is 0 Å². The summed E-state index contributed by atoms with van der Waals surface area (Å²) in [7, 11) is 0. The molecular weight excluding hydrogens is 478 g/mol. The normalized spacial score (nSPS) is 15.2. The highest BCUT2D eigenvalue weighted by atomic mass is 79.9. The van der Waals surface area contributed by atoms with E-state index in [-0.39, 0.29) is 11.1 Å². The maximum atomic E-state index is 12.6. The van der Waals surface area contributed by atoms with Crippen molar-refractivity contribution >= 4 is 44.9 Å². The fourth-order valence-corrected chi connectivity index (χ4v) is 4.65. The van der Waals surface area contributed by atoms with E-state index in [1.54, 1.807) is 17.7 Å². The van der Waals surface area contributed by atoms with E-state index in [2.05, 4.69) is 15.9 Å². The Morgan fingerprint density at radius 3 is 2.55 bits per heavy atom. The van der Waals surface area contributed by atoms with E-state index in [9.17, 15) is 9.59 Å². The summed E-state index contributed by atoms with van der Waals surface area (Å²) in [5.41, 5.74) is 3.22. The number of aromatic nitrogens is 2. The molecule has 8 heteroatoms. The van der Waals surface area contributed by atoms with Crippen LogP contribution in [0.4, 0.5) is 4.79 Å². The van der Waals surface area contributed by atoms with E-state index in [1.165, 1.54) is 4.90 Å². The second-order valence-electron chi connectivity index (χ2n) is 6.72. The van der Waals surface area contributed by atoms with Crippen molar-refractivity contribution in [2.45, 2.75) is 13.8 Å². The lowest BCUT2D eigenvalue weighted by atomic mass is 10.1. The van der Waals surface area contributed by atoms with Gasteiger partial charge in [0.2, 0.25) is 0 Å². The van der Waals surface area contributed by atoms with Crippen LogP contribution >= 0.6 is 27.7 Å². The molecule has 1 aromatic heterocycles. The second kappa shape index (κ2) is 9.11. The molecule has 0 unspecified atom stereocenters. The van der Waals surface area contributed by atoms with Gasteiger partial charge in [-0.25, -0.2) is 4.68 Å². The fraction of sp³-hybridized carbons (Fsp3) is 0.174. The quantitative estimate of drug-likeness (QED) is 0.405. The number of amides is 2. The van der Waals surface area contributed by atoms with Gasteiger partial charge in [0, 0.05) is 23.9 Å². The molecule has 1 aliphatic heterocycles. The summed E-state index contributed by atoms with van der Waals surface area (Å²) >= 11 is 4.51. The highest BCUT2D eigenvalue weighted by Crippen LogP contribution is 2.36. The minimum Gasteiger partial charge on any atom is -0.493 e. The number of ether oxygens (including phenoxy) is 1. The summed E-state index contributed by atoms with van der Waals surface area (Å²) in [5.74, 6) is 0.475. The molecule has 3 aromatic rings. The highest BCUT2D eigenvalue weighted by Gasteiger charge is 2.34. The molecule has 2 aromatic carbocycles. The number of benzene rings is 2. The van der Waals surface area contributed by atoms with Crippen LogP contribution in [-0.4, -0.2) is 39.0 Å². The smallest absolute Gasteiger partial charge is 0.293 e. The van der Waals surface area contributed by atoms with Gasteiger partial charge in [-0.2, -0.15) is 5.10 Å². The Morgan fingerprint density at radius 2 is 1.90 bits per heavy atom. The lowest BCUT2D eigenvalue weighted by molar-refractivity contribution is -0.122. The number of nitrogens with zero attached hydrogens (tertiary/aromatic N) is 3. The maximum Gasteiger partial charge on any atom is 0.293 e. The monoisotopic (exact) mass is 497 g/mol. The number of halogens is 1. The molecule has 0 spiro atoms. The number of carbonyl (C=O) groups excluding carboxylic acids is 2. The lowest BCUT2D eigenvalue weighted by Crippen LogP contribution is -2.27. The van der Waals surface area contributed by atoms with Gasteiger partial charge in [-0.1, -0.05) is 18.2 Å². The number of carbonyl (C=O) groups is 2. The molecule has 2 amide bonds. The van der Waals surface area contributed by atoms with E-state index in [1.807, 2.05) is 61.7 Å². The molecule has 0 bridgehead atoms. The van der Waals surface area contributed by atoms with Crippen LogP contribution in [0.1, 0.15) is 19.4 Å². The number of hydrogen-bond donors (Lipinski definition) is 0. The Morgan fingerprint density at radius 1 is 1.13 bits per heavy atom. The molecule has 0 saturated carbocycles. The van der Waals surface area contributed by atoms with Gasteiger partial charge in [0.15, 0.2) is 0 Å². The summed E-state index contributed by atoms with van der Waals surface area (Å²) in [4.78, 5) is 26.4. The van der Waals surface area contributed by atoms with E-state index in [0.717, 1.165) is 38.8 Å². The van der Waals surface area contributed by atoms with Crippen molar-refractivity contribution in [2.75, 3.05) is 13.2 Å². The Labute approximate surface area is 193 Å². The van der Waals surface area contributed by atoms with E-state index >= 15 is 0 Å². The van der Waals surface area contributed by atoms with Gasteiger partial charge in [0.25, 0.3) is 11.1 Å². The number of hydrogen-bond acceptors (Lipinski definition) is 5. The second-order valence-corrected chi connectivity index (χ2v) is 8.56. The number of rotatable bonds is 6. The summed E-state index contributed by atoms with van der Waals surface area (Å²) < 4.78 is 8.21. The van der Waals surface area contributed by atoms with Gasteiger partial charge in [0.1, 0.15) is 11.4 Å². The minimum absolute atomic E-state index is 0.250. The summed E-state index contributed by atoms with van der Waals surface area (Å²) in [6, 6.07) is 15.5. The average molecular weight is 498 g/mol. The van der Waals surface area contributed by atoms with Gasteiger partial charge in [-0.15, -0.1) is 0 Å². The standard InChI is InChI=1S/C23H20BrN3O3S/c1-3-26-22(28)20(31-23(26)29)13-16-14-27(17-8-6-5-7-9-17)25-21(16)15-10-11-19(30-4-2)18(24)12-15/h5-14H,3-4H2,1-2H3. The molecule has 2 heterocycles. The SMILES string of the molecule is CCOc1ccc(-c2nn(-c3ccccc3)cc2C=C2SC(=O)N(CC)C2=O)cc1Br. The maximum absolute atomic E-state index is 12.6. The Bertz CT molecular complexity index is 1170. The Kier molecular flexibility index (Phi) is 6.29. The summed E-state index contributed by atoms with van der Waals surface area (Å²) in [6.07, 6.45) is 3.61. The predicted molar refractivity (Wildman–Crippen MR) is 126 cm³/mol. The van der Waals surface area contributed by atoms with E-state index in [0.29, 0.717) is 23.8 Å². The number of para-hydroxylation sites is 1. The van der Waals surface area contributed by atoms with Crippen LogP contribution in [0, 0.1) is 0 Å². The molecule has 31 heavy (non-hydrogen) atoms. The predicted octanol–water partition coefficient (Wildman–Crippen LogP) is 5.76. The van der Waals surface area contributed by atoms with Gasteiger partial charge in [-0.05, 0) is 77.9 Å². The average Bonchev–Trinajstić information content (AvgIpc) is 3.31. The summed E-state index contributed by atoms with van der Waals surface area (Å²) in [5, 5.41) is 4.53. The molecular formula is C23H20BrN3O3S. The minimum atomic E-state index is -0.274. The molecule has 0 atom stereocenters. The van der Waals surface area contributed by atoms with Crippen LogP contribution in [-0.2, 0) is 4.79 Å². The molecule has 6 nitrogen and oxygen atoms in total. The zero-order valence-corrected chi connectivity index (χ0v) is 19.4. The topological polar surface area (TPSA) is 64.4 Å². The molecule has 0 radical (unpaired) electrons. The fourth-order valence-electron chi connectivity index (χ4n) is 3.26. The molecule has 4 rings (SSSR count). The van der Waals surface area contributed by atoms with Crippen LogP contribution < -0.4 is 4.74 Å². The van der Waals surface area contributed by atoms with Gasteiger partial charge < -0.3 is 4.74 Å². The molecule has 1 aliphatic rings. The third-order valence-corrected chi connectivity index (χ3v) is 6.27. The molecule has 1 saturated heterocycles. The molecule has 1 fully saturated rings. The first-order chi connectivity index (χ1) is 15.0. The number of thioether (sulfide) groups is 1. The van der Waals surface area contributed by atoms with Crippen molar-refractivity contribution in [3.63, 3.8) is 0 Å². The van der Waals surface area contributed by atoms with Gasteiger partial charge in [0.05, 0.1) is 21.7 Å². The zero-order chi connectivity index (χ0) is 22.0. The van der Waals surface area contributed by atoms with Crippen molar-refractivity contribution in [1.82, 2.24) is 14.7 Å². The first kappa shape index (κ1) is 21.4. The summed E-state index contributed by atoms with van der Waals surface area (Å²) in [6.45, 7) is 4.64. The van der Waals surface area contributed by atoms with Crippen molar-refractivity contribution in [2.24, 2.45) is 0 Å². The van der Waals surface area contributed by atoms with Crippen LogP contribution in [0.5, 0.6) is 5.75 Å². The lowest BCUT2D eigenvalue weighted by Gasteiger charge is -2.08. The first-order valence-corrected chi connectivity index (χ1v) is 11.5. The molecule has 158 valence electrons. The van der Waals surface area contributed by atoms with Crippen LogP contribution in [0.2, 0.25) is 0 Å². The Balaban J connectivity index is 1.82. The van der Waals surface area contributed by atoms with Crippen molar-refractivity contribution in [3.05, 3.63) is 69.7 Å². The molecule has 0 aliphatic carbocycles. The highest BCUT2D eigenvalue weighted by molar-refractivity contribution is 9.10. The van der Waals surface area contributed by atoms with Gasteiger partial charge in [-0.3, -0.25) is 14.5 Å². The van der Waals surface area contributed by atoms with Crippen molar-refractivity contribution < 1.29 is 14.3 Å². The third kappa shape index (κ3) is 4.31. The molecule has 0 N–H and O–H groups in total. The first-order valence-electron chi connectivity index (χ1n) is 9.85. The zero-order valence-electron chi connectivity index (χ0n) is 17.0. The largest absolute Gasteiger partial charge is 0.493 e. The number of likely N-dealkylation sites (N-methyl/N-ethyl adjacent to an activating group) is 1. The van der Waals surface area contributed by atoms with Gasteiger partial charge >= 0.3 is 0 Å². The van der Waals surface area contributed by atoms with E-state index < -0.39 is 0 Å². The Hall–Kier alpha value is -2.84. The van der Waals surface area contributed by atoms with Crippen molar-refractivity contribution in [1.29, 1.82) is 0 Å². The number of imide groups is 1.